The fraction of sp³-hybridized carbons (Fsp3) is 0.667. The van der Waals surface area contributed by atoms with Gasteiger partial charge in [-0.05, 0) is 18.9 Å². The van der Waals surface area contributed by atoms with Gasteiger partial charge in [0.1, 0.15) is 5.83 Å². The average molecular weight is 116 g/mol. The molecule has 2 heteroatoms. The van der Waals surface area contributed by atoms with Crippen molar-refractivity contribution in [1.82, 2.24) is 0 Å². The molecule has 1 aliphatic rings. The summed E-state index contributed by atoms with van der Waals surface area (Å²) in [6.45, 7) is 1.71. The summed E-state index contributed by atoms with van der Waals surface area (Å²) >= 11 is 0. The molecule has 0 aromatic heterocycles. The van der Waals surface area contributed by atoms with Gasteiger partial charge >= 0.3 is 0 Å². The highest BCUT2D eigenvalue weighted by Crippen LogP contribution is 2.26. The fourth-order valence-corrected chi connectivity index (χ4v) is 0.917. The van der Waals surface area contributed by atoms with E-state index in [4.69, 9.17) is 5.11 Å². The molecule has 1 rings (SSSR count). The number of aliphatic hydroxyl groups is 1. The molecular formula is C6H9FO. The van der Waals surface area contributed by atoms with Crippen molar-refractivity contribution in [2.75, 3.05) is 0 Å². The highest BCUT2D eigenvalue weighted by Gasteiger charge is 2.18. The van der Waals surface area contributed by atoms with Gasteiger partial charge < -0.3 is 5.11 Å². The normalized spacial score (nSPS) is 29.6. The Kier molecular flexibility index (Phi) is 1.34. The summed E-state index contributed by atoms with van der Waals surface area (Å²) in [7, 11) is 0. The first-order valence-corrected chi connectivity index (χ1v) is 2.72. The average Bonchev–Trinajstić information content (AvgIpc) is 1.85. The second kappa shape index (κ2) is 1.86. The maximum absolute atomic E-state index is 12.3. The van der Waals surface area contributed by atoms with Crippen molar-refractivity contribution in [2.45, 2.75) is 25.9 Å². The molecule has 1 nitrogen and oxygen atoms in total. The Hall–Kier alpha value is -0.370. The quantitative estimate of drug-likeness (QED) is 0.507. The molecule has 8 heavy (non-hydrogen) atoms. The molecule has 0 heterocycles. The number of rotatable bonds is 0. The van der Waals surface area contributed by atoms with E-state index in [1.807, 2.05) is 0 Å². The van der Waals surface area contributed by atoms with Crippen molar-refractivity contribution in [1.29, 1.82) is 0 Å². The van der Waals surface area contributed by atoms with E-state index >= 15 is 0 Å². The Morgan fingerprint density at radius 1 is 1.62 bits per heavy atom. The van der Waals surface area contributed by atoms with Crippen molar-refractivity contribution in [3.8, 4) is 0 Å². The third kappa shape index (κ3) is 0.892. The van der Waals surface area contributed by atoms with Crippen molar-refractivity contribution in [3.05, 3.63) is 11.4 Å². The molecule has 1 atom stereocenters. The Labute approximate surface area is 47.8 Å². The summed E-state index contributed by atoms with van der Waals surface area (Å²) in [5, 5.41) is 8.79. The van der Waals surface area contributed by atoms with Crippen LogP contribution >= 0.6 is 0 Å². The van der Waals surface area contributed by atoms with Gasteiger partial charge in [-0.1, -0.05) is 0 Å². The van der Waals surface area contributed by atoms with Crippen molar-refractivity contribution in [3.63, 3.8) is 0 Å². The van der Waals surface area contributed by atoms with Crippen LogP contribution in [0.25, 0.3) is 0 Å². The predicted molar refractivity (Wildman–Crippen MR) is 29.0 cm³/mol. The lowest BCUT2D eigenvalue weighted by atomic mass is 10.2. The van der Waals surface area contributed by atoms with E-state index in [1.54, 1.807) is 6.92 Å². The van der Waals surface area contributed by atoms with E-state index < -0.39 is 6.10 Å². The van der Waals surface area contributed by atoms with Crippen LogP contribution in [0.3, 0.4) is 0 Å². The van der Waals surface area contributed by atoms with Crippen LogP contribution in [0.4, 0.5) is 4.39 Å². The second-order valence-corrected chi connectivity index (χ2v) is 2.25. The minimum Gasteiger partial charge on any atom is -0.392 e. The van der Waals surface area contributed by atoms with Crippen LogP contribution in [0.1, 0.15) is 19.8 Å². The summed E-state index contributed by atoms with van der Waals surface area (Å²) in [6, 6.07) is 0. The second-order valence-electron chi connectivity index (χ2n) is 2.25. The Balaban J connectivity index is 2.60. The van der Waals surface area contributed by atoms with E-state index in [1.165, 1.54) is 0 Å². The molecule has 0 radical (unpaired) electrons. The highest BCUT2D eigenvalue weighted by atomic mass is 19.1. The first kappa shape index (κ1) is 5.76. The van der Waals surface area contributed by atoms with Crippen LogP contribution in [0.15, 0.2) is 11.4 Å². The SMILES string of the molecule is CC1=C(F)CC(O)C1. The number of hydrogen-bond acceptors (Lipinski definition) is 1. The lowest BCUT2D eigenvalue weighted by molar-refractivity contribution is 0.182. The summed E-state index contributed by atoms with van der Waals surface area (Å²) in [4.78, 5) is 0. The first-order chi connectivity index (χ1) is 3.70. The lowest BCUT2D eigenvalue weighted by Crippen LogP contribution is -1.97. The molecule has 0 saturated carbocycles. The Morgan fingerprint density at radius 2 is 2.25 bits per heavy atom. The van der Waals surface area contributed by atoms with Gasteiger partial charge in [0.25, 0.3) is 0 Å². The molecule has 0 saturated heterocycles. The molecule has 0 aliphatic heterocycles. The largest absolute Gasteiger partial charge is 0.392 e. The smallest absolute Gasteiger partial charge is 0.102 e. The Bertz CT molecular complexity index is 114. The number of halogens is 1. The van der Waals surface area contributed by atoms with Crippen LogP contribution in [0.2, 0.25) is 0 Å². The monoisotopic (exact) mass is 116 g/mol. The van der Waals surface area contributed by atoms with E-state index in [0.29, 0.717) is 12.0 Å². The highest BCUT2D eigenvalue weighted by molar-refractivity contribution is 5.13. The third-order valence-electron chi connectivity index (χ3n) is 1.42. The molecule has 0 bridgehead atoms. The van der Waals surface area contributed by atoms with Crippen LogP contribution < -0.4 is 0 Å². The van der Waals surface area contributed by atoms with Gasteiger partial charge in [-0.15, -0.1) is 0 Å². The molecule has 46 valence electrons. The van der Waals surface area contributed by atoms with Gasteiger partial charge in [0.2, 0.25) is 0 Å². The van der Waals surface area contributed by atoms with Crippen LogP contribution in [0, 0.1) is 0 Å². The van der Waals surface area contributed by atoms with Crippen LogP contribution in [-0.2, 0) is 0 Å². The van der Waals surface area contributed by atoms with E-state index in [9.17, 15) is 4.39 Å². The van der Waals surface area contributed by atoms with Crippen LogP contribution in [0.5, 0.6) is 0 Å². The van der Waals surface area contributed by atoms with Crippen LogP contribution in [-0.4, -0.2) is 11.2 Å². The van der Waals surface area contributed by atoms with Crippen molar-refractivity contribution < 1.29 is 9.50 Å². The van der Waals surface area contributed by atoms with E-state index in [2.05, 4.69) is 0 Å². The molecule has 1 unspecified atom stereocenters. The molecular weight excluding hydrogens is 107 g/mol. The molecule has 1 aliphatic carbocycles. The van der Waals surface area contributed by atoms with Crippen molar-refractivity contribution in [2.24, 2.45) is 0 Å². The molecule has 0 aromatic carbocycles. The van der Waals surface area contributed by atoms with Crippen molar-refractivity contribution >= 4 is 0 Å². The standard InChI is InChI=1S/C6H9FO/c1-4-2-5(8)3-6(4)7/h5,8H,2-3H2,1H3. The van der Waals surface area contributed by atoms with Gasteiger partial charge in [0.05, 0.1) is 6.10 Å². The molecule has 0 amide bonds. The van der Waals surface area contributed by atoms with Gasteiger partial charge in [0.15, 0.2) is 0 Å². The predicted octanol–water partition coefficient (Wildman–Crippen LogP) is 1.38. The summed E-state index contributed by atoms with van der Waals surface area (Å²) in [5.74, 6) is -0.127. The number of hydrogen-bond donors (Lipinski definition) is 1. The molecule has 0 fully saturated rings. The number of aliphatic hydroxyl groups excluding tert-OH is 1. The minimum absolute atomic E-state index is 0.127. The maximum Gasteiger partial charge on any atom is 0.102 e. The minimum atomic E-state index is -0.449. The molecule has 0 aromatic rings. The van der Waals surface area contributed by atoms with E-state index in [0.717, 1.165) is 0 Å². The molecule has 1 N–H and O–H groups in total. The van der Waals surface area contributed by atoms with Gasteiger partial charge in [0, 0.05) is 6.42 Å². The zero-order chi connectivity index (χ0) is 6.15. The zero-order valence-electron chi connectivity index (χ0n) is 4.82. The van der Waals surface area contributed by atoms with Gasteiger partial charge in [-0.3, -0.25) is 0 Å². The fourth-order valence-electron chi connectivity index (χ4n) is 0.917. The Morgan fingerprint density at radius 3 is 2.38 bits per heavy atom. The first-order valence-electron chi connectivity index (χ1n) is 2.72. The summed E-state index contributed by atoms with van der Waals surface area (Å²) < 4.78 is 12.3. The summed E-state index contributed by atoms with van der Waals surface area (Å²) in [5.41, 5.74) is 0.706. The van der Waals surface area contributed by atoms with E-state index in [-0.39, 0.29) is 12.2 Å². The zero-order valence-corrected chi connectivity index (χ0v) is 4.82. The third-order valence-corrected chi connectivity index (χ3v) is 1.42. The molecule has 0 spiro atoms. The topological polar surface area (TPSA) is 20.2 Å². The van der Waals surface area contributed by atoms with Gasteiger partial charge in [-0.2, -0.15) is 0 Å². The summed E-state index contributed by atoms with van der Waals surface area (Å²) in [6.07, 6.45) is 0.299. The van der Waals surface area contributed by atoms with Gasteiger partial charge in [-0.25, -0.2) is 4.39 Å². The maximum atomic E-state index is 12.3. The lowest BCUT2D eigenvalue weighted by Gasteiger charge is -1.94.